The van der Waals surface area contributed by atoms with Crippen molar-refractivity contribution in [2.24, 2.45) is 5.41 Å². The minimum Gasteiger partial charge on any atom is -0.147 e. The van der Waals surface area contributed by atoms with Crippen LogP contribution in [0.15, 0.2) is 9.81 Å². The SMILES string of the molecule is C/C(S)=C(/S)CCCC(C)(C)C. The van der Waals surface area contributed by atoms with Gasteiger partial charge in [-0.25, -0.2) is 0 Å². The fraction of sp³-hybridized carbons (Fsp3) is 0.800. The van der Waals surface area contributed by atoms with Crippen molar-refractivity contribution < 1.29 is 0 Å². The minimum absolute atomic E-state index is 0.443. The maximum Gasteiger partial charge on any atom is -0.00945 e. The Morgan fingerprint density at radius 2 is 1.67 bits per heavy atom. The Balaban J connectivity index is 3.66. The van der Waals surface area contributed by atoms with Crippen LogP contribution in [0, 0.1) is 5.41 Å². The summed E-state index contributed by atoms with van der Waals surface area (Å²) in [5.41, 5.74) is 0.443. The summed E-state index contributed by atoms with van der Waals surface area (Å²) in [5, 5.41) is 0. The van der Waals surface area contributed by atoms with E-state index in [9.17, 15) is 0 Å². The Morgan fingerprint density at radius 3 is 2.00 bits per heavy atom. The van der Waals surface area contributed by atoms with Crippen molar-refractivity contribution in [3.63, 3.8) is 0 Å². The van der Waals surface area contributed by atoms with Crippen LogP contribution in [0.4, 0.5) is 0 Å². The molecule has 12 heavy (non-hydrogen) atoms. The predicted octanol–water partition coefficient (Wildman–Crippen LogP) is 4.29. The summed E-state index contributed by atoms with van der Waals surface area (Å²) in [6, 6.07) is 0. The average molecular weight is 204 g/mol. The number of hydrogen-bond acceptors (Lipinski definition) is 2. The Labute approximate surface area is 87.6 Å². The smallest absolute Gasteiger partial charge is 0.00945 e. The van der Waals surface area contributed by atoms with Crippen LogP contribution in [0.25, 0.3) is 0 Å². The van der Waals surface area contributed by atoms with Gasteiger partial charge in [0, 0.05) is 0 Å². The van der Waals surface area contributed by atoms with Crippen LogP contribution in [0.3, 0.4) is 0 Å². The van der Waals surface area contributed by atoms with Gasteiger partial charge in [-0.3, -0.25) is 0 Å². The van der Waals surface area contributed by atoms with Crippen molar-refractivity contribution in [3.05, 3.63) is 9.81 Å². The zero-order valence-corrected chi connectivity index (χ0v) is 10.3. The van der Waals surface area contributed by atoms with Crippen molar-refractivity contribution in [2.75, 3.05) is 0 Å². The highest BCUT2D eigenvalue weighted by atomic mass is 32.1. The normalized spacial score (nSPS) is 14.5. The molecule has 72 valence electrons. The maximum atomic E-state index is 4.36. The molecule has 0 bridgehead atoms. The number of rotatable bonds is 3. The van der Waals surface area contributed by atoms with E-state index in [-0.39, 0.29) is 0 Å². The predicted molar refractivity (Wildman–Crippen MR) is 64.0 cm³/mol. The second-order valence-electron chi connectivity index (χ2n) is 4.45. The molecule has 0 saturated heterocycles. The zero-order chi connectivity index (χ0) is 9.78. The summed E-state index contributed by atoms with van der Waals surface area (Å²) >= 11 is 8.60. The van der Waals surface area contributed by atoms with E-state index in [0.29, 0.717) is 5.41 Å². The fourth-order valence-electron chi connectivity index (χ4n) is 0.967. The quantitative estimate of drug-likeness (QED) is 0.629. The van der Waals surface area contributed by atoms with E-state index in [1.54, 1.807) is 0 Å². The molecule has 0 unspecified atom stereocenters. The van der Waals surface area contributed by atoms with Crippen LogP contribution in [0.1, 0.15) is 47.0 Å². The van der Waals surface area contributed by atoms with Crippen molar-refractivity contribution in [1.82, 2.24) is 0 Å². The van der Waals surface area contributed by atoms with Crippen molar-refractivity contribution in [1.29, 1.82) is 0 Å². The average Bonchev–Trinajstić information content (AvgIpc) is 1.84. The highest BCUT2D eigenvalue weighted by molar-refractivity contribution is 7.88. The molecule has 0 radical (unpaired) electrons. The van der Waals surface area contributed by atoms with E-state index < -0.39 is 0 Å². The van der Waals surface area contributed by atoms with Gasteiger partial charge in [-0.2, -0.15) is 0 Å². The van der Waals surface area contributed by atoms with E-state index in [2.05, 4.69) is 46.0 Å². The lowest BCUT2D eigenvalue weighted by atomic mass is 9.90. The topological polar surface area (TPSA) is 0 Å². The second kappa shape index (κ2) is 5.23. The molecule has 0 aromatic rings. The van der Waals surface area contributed by atoms with Crippen LogP contribution in [-0.4, -0.2) is 0 Å². The Hall–Kier alpha value is 0.440. The van der Waals surface area contributed by atoms with E-state index in [1.807, 2.05) is 6.92 Å². The lowest BCUT2D eigenvalue weighted by Crippen LogP contribution is -2.03. The molecule has 0 atom stereocenters. The molecule has 0 rings (SSSR count). The molecule has 0 fully saturated rings. The Bertz CT molecular complexity index is 159. The van der Waals surface area contributed by atoms with Gasteiger partial charge in [-0.15, -0.1) is 25.3 Å². The molecule has 0 aliphatic carbocycles. The van der Waals surface area contributed by atoms with Gasteiger partial charge in [-0.1, -0.05) is 20.8 Å². The molecule has 0 nitrogen and oxygen atoms in total. The largest absolute Gasteiger partial charge is 0.147 e. The van der Waals surface area contributed by atoms with Crippen LogP contribution < -0.4 is 0 Å². The van der Waals surface area contributed by atoms with E-state index in [1.165, 1.54) is 12.8 Å². The third-order valence-corrected chi connectivity index (χ3v) is 2.76. The van der Waals surface area contributed by atoms with E-state index in [4.69, 9.17) is 0 Å². The standard InChI is InChI=1S/C10H20S2/c1-8(11)9(12)6-5-7-10(2,3)4/h11-12H,5-7H2,1-4H3/b9-8-. The molecular weight excluding hydrogens is 184 g/mol. The van der Waals surface area contributed by atoms with Crippen LogP contribution in [-0.2, 0) is 0 Å². The monoisotopic (exact) mass is 204 g/mol. The summed E-state index contributed by atoms with van der Waals surface area (Å²) in [4.78, 5) is 2.18. The lowest BCUT2D eigenvalue weighted by molar-refractivity contribution is 0.366. The highest BCUT2D eigenvalue weighted by Gasteiger charge is 2.09. The molecule has 0 spiro atoms. The molecular formula is C10H20S2. The molecule has 0 saturated carbocycles. The van der Waals surface area contributed by atoms with Crippen molar-refractivity contribution >= 4 is 25.3 Å². The number of hydrogen-bond donors (Lipinski definition) is 2. The summed E-state index contributed by atoms with van der Waals surface area (Å²) in [6.45, 7) is 8.79. The van der Waals surface area contributed by atoms with Crippen molar-refractivity contribution in [2.45, 2.75) is 47.0 Å². The Kier molecular flexibility index (Phi) is 5.42. The maximum absolute atomic E-state index is 4.36. The minimum atomic E-state index is 0.443. The summed E-state index contributed by atoms with van der Waals surface area (Å²) in [7, 11) is 0. The lowest BCUT2D eigenvalue weighted by Gasteiger charge is -2.17. The highest BCUT2D eigenvalue weighted by Crippen LogP contribution is 2.25. The van der Waals surface area contributed by atoms with Gasteiger partial charge in [0.05, 0.1) is 0 Å². The molecule has 0 N–H and O–H groups in total. The van der Waals surface area contributed by atoms with Gasteiger partial charge in [0.2, 0.25) is 0 Å². The molecule has 2 heteroatoms. The van der Waals surface area contributed by atoms with E-state index >= 15 is 0 Å². The van der Waals surface area contributed by atoms with Crippen LogP contribution >= 0.6 is 25.3 Å². The first-order valence-electron chi connectivity index (χ1n) is 4.40. The molecule has 0 aromatic heterocycles. The Morgan fingerprint density at radius 1 is 1.17 bits per heavy atom. The van der Waals surface area contributed by atoms with Gasteiger partial charge < -0.3 is 0 Å². The van der Waals surface area contributed by atoms with Gasteiger partial charge in [0.25, 0.3) is 0 Å². The molecule has 0 aliphatic rings. The summed E-state index contributed by atoms with van der Waals surface area (Å²) in [6.07, 6.45) is 3.52. The fourth-order valence-corrected chi connectivity index (χ4v) is 1.24. The van der Waals surface area contributed by atoms with Crippen molar-refractivity contribution in [3.8, 4) is 0 Å². The van der Waals surface area contributed by atoms with Crippen LogP contribution in [0.2, 0.25) is 0 Å². The first-order valence-corrected chi connectivity index (χ1v) is 5.30. The molecule has 0 heterocycles. The first-order chi connectivity index (χ1) is 5.33. The number of allylic oxidation sites excluding steroid dienone is 2. The summed E-state index contributed by atoms with van der Waals surface area (Å²) < 4.78 is 0. The summed E-state index contributed by atoms with van der Waals surface area (Å²) in [5.74, 6) is 0. The number of thiol groups is 2. The van der Waals surface area contributed by atoms with Gasteiger partial charge in [-0.05, 0) is 41.4 Å². The first kappa shape index (κ1) is 12.4. The van der Waals surface area contributed by atoms with E-state index in [0.717, 1.165) is 16.2 Å². The third-order valence-electron chi connectivity index (χ3n) is 1.76. The third kappa shape index (κ3) is 7.11. The van der Waals surface area contributed by atoms with Gasteiger partial charge >= 0.3 is 0 Å². The molecule has 0 aromatic carbocycles. The van der Waals surface area contributed by atoms with Crippen LogP contribution in [0.5, 0.6) is 0 Å². The van der Waals surface area contributed by atoms with Gasteiger partial charge in [0.15, 0.2) is 0 Å². The molecule has 0 aliphatic heterocycles. The second-order valence-corrected chi connectivity index (χ2v) is 5.66. The molecule has 0 amide bonds. The zero-order valence-electron chi connectivity index (χ0n) is 8.52. The van der Waals surface area contributed by atoms with Gasteiger partial charge in [0.1, 0.15) is 0 Å².